The summed E-state index contributed by atoms with van der Waals surface area (Å²) in [5, 5.41) is 9.87. The minimum atomic E-state index is -0.864. The topological polar surface area (TPSA) is 59.0 Å². The van der Waals surface area contributed by atoms with Gasteiger partial charge in [0, 0.05) is 0 Å². The Morgan fingerprint density at radius 2 is 2.05 bits per heavy atom. The molecule has 6 heteroatoms. The van der Waals surface area contributed by atoms with Crippen molar-refractivity contribution in [2.75, 3.05) is 19.9 Å². The van der Waals surface area contributed by atoms with Crippen LogP contribution >= 0.6 is 11.6 Å². The summed E-state index contributed by atoms with van der Waals surface area (Å²) in [5.41, 5.74) is 0.642. The van der Waals surface area contributed by atoms with Crippen molar-refractivity contribution in [2.45, 2.75) is 18.9 Å². The fraction of sp³-hybridized carbons (Fsp3) is 0.462. The van der Waals surface area contributed by atoms with Crippen LogP contribution in [0.4, 0.5) is 0 Å². The number of nitrogens with zero attached hydrogens (tertiary/aromatic N) is 1. The van der Waals surface area contributed by atoms with E-state index in [9.17, 15) is 9.90 Å². The van der Waals surface area contributed by atoms with E-state index in [0.717, 1.165) is 25.9 Å². The average molecular weight is 284 g/mol. The third kappa shape index (κ3) is 2.24. The molecule has 102 valence electrons. The van der Waals surface area contributed by atoms with Crippen molar-refractivity contribution in [2.24, 2.45) is 0 Å². The fourth-order valence-corrected chi connectivity index (χ4v) is 2.93. The second-order valence-corrected chi connectivity index (χ2v) is 5.13. The van der Waals surface area contributed by atoms with E-state index in [-0.39, 0.29) is 6.79 Å². The smallest absolute Gasteiger partial charge is 0.325 e. The second kappa shape index (κ2) is 4.90. The predicted octanol–water partition coefficient (Wildman–Crippen LogP) is 2.29. The van der Waals surface area contributed by atoms with Gasteiger partial charge in [-0.15, -0.1) is 0 Å². The Bertz CT molecular complexity index is 514. The number of hydrogen-bond donors (Lipinski definition) is 1. The van der Waals surface area contributed by atoms with Crippen molar-refractivity contribution >= 4 is 17.6 Å². The summed E-state index contributed by atoms with van der Waals surface area (Å²) in [6, 6.07) is 2.70. The lowest BCUT2D eigenvalue weighted by molar-refractivity contribution is -0.143. The molecule has 1 aromatic rings. The van der Waals surface area contributed by atoms with E-state index in [2.05, 4.69) is 0 Å². The molecular weight excluding hydrogens is 270 g/mol. The molecular formula is C13H14ClNO4. The molecule has 0 spiro atoms. The molecule has 0 radical (unpaired) electrons. The molecule has 1 saturated heterocycles. The molecule has 3 rings (SSSR count). The summed E-state index contributed by atoms with van der Waals surface area (Å²) in [7, 11) is 0. The number of likely N-dealkylation sites (tertiary alicyclic amines) is 1. The van der Waals surface area contributed by atoms with E-state index in [1.807, 2.05) is 4.90 Å². The van der Waals surface area contributed by atoms with Gasteiger partial charge in [-0.25, -0.2) is 0 Å². The van der Waals surface area contributed by atoms with Gasteiger partial charge in [-0.1, -0.05) is 11.6 Å². The molecule has 1 unspecified atom stereocenters. The Balaban J connectivity index is 1.98. The molecule has 19 heavy (non-hydrogen) atoms. The molecule has 1 aromatic carbocycles. The molecule has 5 nitrogen and oxygen atoms in total. The van der Waals surface area contributed by atoms with E-state index in [4.69, 9.17) is 21.1 Å². The molecule has 0 bridgehead atoms. The largest absolute Gasteiger partial charge is 0.480 e. The summed E-state index contributed by atoms with van der Waals surface area (Å²) in [4.78, 5) is 13.5. The number of carboxylic acids is 1. The number of halogens is 1. The SMILES string of the molecule is O=C(O)C(c1cc(Cl)c2c(c1)OCO2)N1CCCC1. The van der Waals surface area contributed by atoms with Crippen LogP contribution in [-0.4, -0.2) is 35.9 Å². The van der Waals surface area contributed by atoms with Crippen LogP contribution in [0.1, 0.15) is 24.4 Å². The molecule has 0 aromatic heterocycles. The van der Waals surface area contributed by atoms with Crippen LogP contribution in [-0.2, 0) is 4.79 Å². The predicted molar refractivity (Wildman–Crippen MR) is 68.8 cm³/mol. The number of rotatable bonds is 3. The van der Waals surface area contributed by atoms with Crippen LogP contribution in [0.15, 0.2) is 12.1 Å². The summed E-state index contributed by atoms with van der Waals surface area (Å²) in [6.45, 7) is 1.71. The zero-order valence-electron chi connectivity index (χ0n) is 10.3. The molecule has 0 saturated carbocycles. The van der Waals surface area contributed by atoms with Crippen LogP contribution in [0.3, 0.4) is 0 Å². The molecule has 2 heterocycles. The number of benzene rings is 1. The van der Waals surface area contributed by atoms with Gasteiger partial charge < -0.3 is 14.6 Å². The van der Waals surface area contributed by atoms with Gasteiger partial charge in [-0.05, 0) is 43.6 Å². The minimum absolute atomic E-state index is 0.125. The van der Waals surface area contributed by atoms with Crippen molar-refractivity contribution in [3.05, 3.63) is 22.7 Å². The number of ether oxygens (including phenoxy) is 2. The highest BCUT2D eigenvalue weighted by Crippen LogP contribution is 2.42. The van der Waals surface area contributed by atoms with Crippen molar-refractivity contribution in [3.63, 3.8) is 0 Å². The molecule has 2 aliphatic rings. The first-order valence-corrected chi connectivity index (χ1v) is 6.60. The zero-order chi connectivity index (χ0) is 13.4. The van der Waals surface area contributed by atoms with Gasteiger partial charge in [-0.3, -0.25) is 9.69 Å². The zero-order valence-corrected chi connectivity index (χ0v) is 11.0. The van der Waals surface area contributed by atoms with Gasteiger partial charge in [-0.2, -0.15) is 0 Å². The van der Waals surface area contributed by atoms with Gasteiger partial charge in [0.15, 0.2) is 11.5 Å². The Morgan fingerprint density at radius 1 is 1.32 bits per heavy atom. The fourth-order valence-electron chi connectivity index (χ4n) is 2.65. The minimum Gasteiger partial charge on any atom is -0.480 e. The number of carboxylic acid groups (broad SMARTS) is 1. The van der Waals surface area contributed by atoms with E-state index >= 15 is 0 Å². The van der Waals surface area contributed by atoms with E-state index in [1.54, 1.807) is 12.1 Å². The van der Waals surface area contributed by atoms with Crippen LogP contribution in [0.5, 0.6) is 11.5 Å². The Kier molecular flexibility index (Phi) is 3.24. The highest BCUT2D eigenvalue weighted by molar-refractivity contribution is 6.32. The first-order chi connectivity index (χ1) is 9.16. The maximum atomic E-state index is 11.5. The summed E-state index contributed by atoms with van der Waals surface area (Å²) < 4.78 is 10.5. The number of fused-ring (bicyclic) bond motifs is 1. The third-order valence-corrected chi connectivity index (χ3v) is 3.79. The number of hydrogen-bond acceptors (Lipinski definition) is 4. The molecule has 0 amide bonds. The second-order valence-electron chi connectivity index (χ2n) is 4.72. The van der Waals surface area contributed by atoms with Crippen molar-refractivity contribution < 1.29 is 19.4 Å². The lowest BCUT2D eigenvalue weighted by atomic mass is 10.0. The maximum absolute atomic E-state index is 11.5. The number of aliphatic carboxylic acids is 1. The monoisotopic (exact) mass is 283 g/mol. The molecule has 0 aliphatic carbocycles. The molecule has 1 fully saturated rings. The summed E-state index contributed by atoms with van der Waals surface area (Å²) >= 11 is 6.11. The quantitative estimate of drug-likeness (QED) is 0.922. The van der Waals surface area contributed by atoms with Gasteiger partial charge in [0.05, 0.1) is 5.02 Å². The summed E-state index contributed by atoms with van der Waals surface area (Å²) in [6.07, 6.45) is 2.06. The van der Waals surface area contributed by atoms with Crippen LogP contribution in [0.25, 0.3) is 0 Å². The summed E-state index contributed by atoms with van der Waals surface area (Å²) in [5.74, 6) is 0.153. The third-order valence-electron chi connectivity index (χ3n) is 3.51. The van der Waals surface area contributed by atoms with Gasteiger partial charge in [0.2, 0.25) is 6.79 Å². The Hall–Kier alpha value is -1.46. The normalized spacial score (nSPS) is 19.6. The standard InChI is InChI=1S/C13H14ClNO4/c14-9-5-8(6-10-12(9)19-7-18-10)11(13(16)17)15-3-1-2-4-15/h5-6,11H,1-4,7H2,(H,16,17). The lowest BCUT2D eigenvalue weighted by Gasteiger charge is -2.24. The van der Waals surface area contributed by atoms with E-state index in [1.165, 1.54) is 0 Å². The molecule has 1 atom stereocenters. The highest BCUT2D eigenvalue weighted by atomic mass is 35.5. The molecule has 2 aliphatic heterocycles. The van der Waals surface area contributed by atoms with Gasteiger partial charge in [0.1, 0.15) is 6.04 Å². The first kappa shape index (κ1) is 12.6. The molecule has 1 N–H and O–H groups in total. The average Bonchev–Trinajstić information content (AvgIpc) is 2.99. The maximum Gasteiger partial charge on any atom is 0.325 e. The van der Waals surface area contributed by atoms with Crippen molar-refractivity contribution in [1.29, 1.82) is 0 Å². The van der Waals surface area contributed by atoms with Crippen molar-refractivity contribution in [1.82, 2.24) is 4.90 Å². The van der Waals surface area contributed by atoms with Gasteiger partial charge in [0.25, 0.3) is 0 Å². The van der Waals surface area contributed by atoms with E-state index in [0.29, 0.717) is 22.1 Å². The Labute approximate surface area is 115 Å². The highest BCUT2D eigenvalue weighted by Gasteiger charge is 2.31. The van der Waals surface area contributed by atoms with Gasteiger partial charge >= 0.3 is 5.97 Å². The van der Waals surface area contributed by atoms with Crippen LogP contribution < -0.4 is 9.47 Å². The van der Waals surface area contributed by atoms with Crippen LogP contribution in [0.2, 0.25) is 5.02 Å². The first-order valence-electron chi connectivity index (χ1n) is 6.23. The van der Waals surface area contributed by atoms with Crippen LogP contribution in [0, 0.1) is 0 Å². The Morgan fingerprint density at radius 3 is 2.74 bits per heavy atom. The van der Waals surface area contributed by atoms with Crippen molar-refractivity contribution in [3.8, 4) is 11.5 Å². The lowest BCUT2D eigenvalue weighted by Crippen LogP contribution is -2.31. The number of carbonyl (C=O) groups is 1. The van der Waals surface area contributed by atoms with E-state index < -0.39 is 12.0 Å².